The number of anilines is 1. The molecule has 0 amide bonds. The molecule has 0 radical (unpaired) electrons. The molecule has 0 fully saturated rings. The Bertz CT molecular complexity index is 970. The van der Waals surface area contributed by atoms with Crippen molar-refractivity contribution >= 4 is 32.7 Å². The van der Waals surface area contributed by atoms with Crippen LogP contribution in [0.4, 0.5) is 5.69 Å². The van der Waals surface area contributed by atoms with E-state index in [1.165, 1.54) is 0 Å². The summed E-state index contributed by atoms with van der Waals surface area (Å²) in [5, 5.41) is 0. The van der Waals surface area contributed by atoms with E-state index in [0.717, 1.165) is 38.3 Å². The van der Waals surface area contributed by atoms with E-state index in [-0.39, 0.29) is 0 Å². The standard InChI is InChI=1S/C19H14BrN3/c20-14-7-11-16(12-8-14)23-18-4-2-1-3-17(18)22-19(23)13-5-9-15(21)10-6-13/h1-12H,21H2. The van der Waals surface area contributed by atoms with Gasteiger partial charge in [0.2, 0.25) is 0 Å². The van der Waals surface area contributed by atoms with Crippen LogP contribution in [0.15, 0.2) is 77.3 Å². The van der Waals surface area contributed by atoms with E-state index in [1.54, 1.807) is 0 Å². The van der Waals surface area contributed by atoms with E-state index < -0.39 is 0 Å². The van der Waals surface area contributed by atoms with Gasteiger partial charge in [0.15, 0.2) is 0 Å². The van der Waals surface area contributed by atoms with Gasteiger partial charge in [0.1, 0.15) is 5.82 Å². The van der Waals surface area contributed by atoms with Gasteiger partial charge in [0.05, 0.1) is 11.0 Å². The molecule has 3 aromatic carbocycles. The largest absolute Gasteiger partial charge is 0.399 e. The van der Waals surface area contributed by atoms with Crippen LogP contribution in [0.5, 0.6) is 0 Å². The van der Waals surface area contributed by atoms with Crippen molar-refractivity contribution in [2.24, 2.45) is 0 Å². The number of nitrogens with zero attached hydrogens (tertiary/aromatic N) is 2. The summed E-state index contributed by atoms with van der Waals surface area (Å²) in [6.45, 7) is 0. The SMILES string of the molecule is Nc1ccc(-c2nc3ccccc3n2-c2ccc(Br)cc2)cc1. The van der Waals surface area contributed by atoms with Crippen molar-refractivity contribution in [1.82, 2.24) is 9.55 Å². The molecule has 0 spiro atoms. The van der Waals surface area contributed by atoms with Gasteiger partial charge in [0, 0.05) is 21.4 Å². The third-order valence-corrected chi connectivity index (χ3v) is 4.34. The molecule has 4 aromatic rings. The monoisotopic (exact) mass is 363 g/mol. The predicted molar refractivity (Wildman–Crippen MR) is 98.6 cm³/mol. The number of rotatable bonds is 2. The molecule has 4 rings (SSSR count). The average molecular weight is 364 g/mol. The molecule has 0 unspecified atom stereocenters. The average Bonchev–Trinajstić information content (AvgIpc) is 2.96. The van der Waals surface area contributed by atoms with E-state index in [2.05, 4.69) is 38.7 Å². The maximum atomic E-state index is 5.81. The van der Waals surface area contributed by atoms with Gasteiger partial charge >= 0.3 is 0 Å². The number of halogens is 1. The Morgan fingerprint density at radius 2 is 1.52 bits per heavy atom. The summed E-state index contributed by atoms with van der Waals surface area (Å²) in [5.41, 5.74) is 10.7. The number of para-hydroxylation sites is 2. The summed E-state index contributed by atoms with van der Waals surface area (Å²) < 4.78 is 3.23. The fourth-order valence-corrected chi connectivity index (χ4v) is 2.97. The van der Waals surface area contributed by atoms with Crippen LogP contribution in [-0.4, -0.2) is 9.55 Å². The minimum atomic E-state index is 0.750. The maximum Gasteiger partial charge on any atom is 0.145 e. The molecule has 0 aliphatic heterocycles. The zero-order valence-electron chi connectivity index (χ0n) is 12.3. The molecular weight excluding hydrogens is 350 g/mol. The number of benzene rings is 3. The Hall–Kier alpha value is -2.59. The first-order chi connectivity index (χ1) is 11.2. The highest BCUT2D eigenvalue weighted by Gasteiger charge is 2.13. The third-order valence-electron chi connectivity index (χ3n) is 3.81. The second-order valence-corrected chi connectivity index (χ2v) is 6.27. The van der Waals surface area contributed by atoms with Gasteiger partial charge in [-0.1, -0.05) is 28.1 Å². The molecule has 1 aromatic heterocycles. The first-order valence-electron chi connectivity index (χ1n) is 7.32. The highest BCUT2D eigenvalue weighted by atomic mass is 79.9. The minimum absolute atomic E-state index is 0.750. The second kappa shape index (κ2) is 5.56. The highest BCUT2D eigenvalue weighted by molar-refractivity contribution is 9.10. The first-order valence-corrected chi connectivity index (χ1v) is 8.11. The Morgan fingerprint density at radius 1 is 0.826 bits per heavy atom. The lowest BCUT2D eigenvalue weighted by Gasteiger charge is -2.10. The Balaban J connectivity index is 2.01. The van der Waals surface area contributed by atoms with Crippen molar-refractivity contribution in [2.45, 2.75) is 0 Å². The predicted octanol–water partition coefficient (Wildman–Crippen LogP) is 5.04. The Morgan fingerprint density at radius 3 is 2.26 bits per heavy atom. The summed E-state index contributed by atoms with van der Waals surface area (Å²) in [6.07, 6.45) is 0. The molecule has 3 nitrogen and oxygen atoms in total. The molecule has 0 saturated heterocycles. The molecule has 0 aliphatic carbocycles. The molecule has 4 heteroatoms. The lowest BCUT2D eigenvalue weighted by Crippen LogP contribution is -1.97. The van der Waals surface area contributed by atoms with E-state index in [4.69, 9.17) is 10.7 Å². The van der Waals surface area contributed by atoms with Crippen LogP contribution < -0.4 is 5.73 Å². The molecular formula is C19H14BrN3. The Labute approximate surface area is 142 Å². The van der Waals surface area contributed by atoms with Crippen LogP contribution >= 0.6 is 15.9 Å². The molecule has 0 saturated carbocycles. The van der Waals surface area contributed by atoms with Crippen molar-refractivity contribution in [3.8, 4) is 17.1 Å². The van der Waals surface area contributed by atoms with Crippen LogP contribution in [0.1, 0.15) is 0 Å². The molecule has 1 heterocycles. The Kier molecular flexibility index (Phi) is 3.39. The van der Waals surface area contributed by atoms with Crippen molar-refractivity contribution in [2.75, 3.05) is 5.73 Å². The van der Waals surface area contributed by atoms with Gasteiger partial charge in [0.25, 0.3) is 0 Å². The summed E-state index contributed by atoms with van der Waals surface area (Å²) in [6, 6.07) is 24.2. The number of fused-ring (bicyclic) bond motifs is 1. The number of nitrogen functional groups attached to an aromatic ring is 1. The summed E-state index contributed by atoms with van der Waals surface area (Å²) in [4.78, 5) is 4.82. The normalized spacial score (nSPS) is 11.0. The van der Waals surface area contributed by atoms with Crippen LogP contribution in [0.2, 0.25) is 0 Å². The fraction of sp³-hybridized carbons (Fsp3) is 0. The number of nitrogens with two attached hydrogens (primary N) is 1. The van der Waals surface area contributed by atoms with Crippen LogP contribution in [0.3, 0.4) is 0 Å². The topological polar surface area (TPSA) is 43.8 Å². The quantitative estimate of drug-likeness (QED) is 0.507. The smallest absolute Gasteiger partial charge is 0.145 e. The summed E-state index contributed by atoms with van der Waals surface area (Å²) in [7, 11) is 0. The second-order valence-electron chi connectivity index (χ2n) is 5.36. The lowest BCUT2D eigenvalue weighted by molar-refractivity contribution is 1.10. The van der Waals surface area contributed by atoms with Gasteiger partial charge in [-0.3, -0.25) is 4.57 Å². The van der Waals surface area contributed by atoms with E-state index in [1.807, 2.05) is 54.6 Å². The number of hydrogen-bond donors (Lipinski definition) is 1. The van der Waals surface area contributed by atoms with Gasteiger partial charge in [-0.25, -0.2) is 4.98 Å². The van der Waals surface area contributed by atoms with Gasteiger partial charge in [-0.15, -0.1) is 0 Å². The summed E-state index contributed by atoms with van der Waals surface area (Å²) in [5.74, 6) is 0.911. The number of hydrogen-bond acceptors (Lipinski definition) is 2. The van der Waals surface area contributed by atoms with Crippen molar-refractivity contribution in [3.05, 3.63) is 77.3 Å². The molecule has 0 atom stereocenters. The lowest BCUT2D eigenvalue weighted by atomic mass is 10.2. The molecule has 0 bridgehead atoms. The van der Waals surface area contributed by atoms with Gasteiger partial charge in [-0.05, 0) is 60.7 Å². The van der Waals surface area contributed by atoms with E-state index in [9.17, 15) is 0 Å². The van der Waals surface area contributed by atoms with Crippen molar-refractivity contribution < 1.29 is 0 Å². The maximum absolute atomic E-state index is 5.81. The highest BCUT2D eigenvalue weighted by Crippen LogP contribution is 2.29. The van der Waals surface area contributed by atoms with Crippen molar-refractivity contribution in [3.63, 3.8) is 0 Å². The molecule has 2 N–H and O–H groups in total. The van der Waals surface area contributed by atoms with Crippen molar-refractivity contribution in [1.29, 1.82) is 0 Å². The summed E-state index contributed by atoms with van der Waals surface area (Å²) >= 11 is 3.49. The van der Waals surface area contributed by atoms with E-state index in [0.29, 0.717) is 0 Å². The molecule has 112 valence electrons. The zero-order valence-corrected chi connectivity index (χ0v) is 13.9. The minimum Gasteiger partial charge on any atom is -0.399 e. The first kappa shape index (κ1) is 14.0. The van der Waals surface area contributed by atoms with Gasteiger partial charge in [-0.2, -0.15) is 0 Å². The number of aromatic nitrogens is 2. The van der Waals surface area contributed by atoms with Crippen LogP contribution in [0.25, 0.3) is 28.1 Å². The van der Waals surface area contributed by atoms with E-state index >= 15 is 0 Å². The molecule has 0 aliphatic rings. The molecule has 23 heavy (non-hydrogen) atoms. The van der Waals surface area contributed by atoms with Crippen LogP contribution in [0, 0.1) is 0 Å². The van der Waals surface area contributed by atoms with Gasteiger partial charge < -0.3 is 5.73 Å². The number of imidazole rings is 1. The zero-order chi connectivity index (χ0) is 15.8. The fourth-order valence-electron chi connectivity index (χ4n) is 2.70. The van der Waals surface area contributed by atoms with Crippen LogP contribution in [-0.2, 0) is 0 Å². The third kappa shape index (κ3) is 2.51.